The monoisotopic (exact) mass is 442 g/mol. The average Bonchev–Trinajstić information content (AvgIpc) is 3.03. The highest BCUT2D eigenvalue weighted by atomic mass is 35.5. The third-order valence-corrected chi connectivity index (χ3v) is 6.86. The Hall–Kier alpha value is -1.21. The summed E-state index contributed by atoms with van der Waals surface area (Å²) in [4.78, 5) is 19.9. The lowest BCUT2D eigenvalue weighted by Crippen LogP contribution is -2.47. The lowest BCUT2D eigenvalue weighted by Gasteiger charge is -2.36. The van der Waals surface area contributed by atoms with Gasteiger partial charge in [-0.1, -0.05) is 40.9 Å². The smallest absolute Gasteiger partial charge is 0.233 e. The number of fused-ring (bicyclic) bond motifs is 1. The molecular formula is C18H17Cl3N4OS. The summed E-state index contributed by atoms with van der Waals surface area (Å²) in [6.45, 7) is 3.36. The number of carbonyl (C=O) groups is 1. The normalized spacial score (nSPS) is 22.4. The van der Waals surface area contributed by atoms with Crippen molar-refractivity contribution in [3.63, 3.8) is 0 Å². The average molecular weight is 444 g/mol. The molecule has 142 valence electrons. The van der Waals surface area contributed by atoms with E-state index < -0.39 is 5.92 Å². The maximum Gasteiger partial charge on any atom is 0.233 e. The predicted octanol–water partition coefficient (Wildman–Crippen LogP) is 4.73. The quantitative estimate of drug-likeness (QED) is 0.674. The van der Waals surface area contributed by atoms with Crippen LogP contribution in [0, 0.1) is 5.92 Å². The van der Waals surface area contributed by atoms with Gasteiger partial charge in [0.15, 0.2) is 5.82 Å². The highest BCUT2D eigenvalue weighted by Crippen LogP contribution is 2.41. The van der Waals surface area contributed by atoms with Crippen molar-refractivity contribution >= 4 is 64.0 Å². The topological polar surface area (TPSA) is 50.5 Å². The van der Waals surface area contributed by atoms with Crippen LogP contribution in [0.25, 0.3) is 0 Å². The standard InChI is InChI=1S/C18H17Cl3N4OS/c1-10-15(18(26)24-4-6-27-7-5-24)16(11-2-3-12(19)13(20)8-11)25-17(23-10)14(21)9-22-25/h2-3,8-9,15-16H,4-7H2,1H3. The summed E-state index contributed by atoms with van der Waals surface area (Å²) in [5, 5.41) is 5.77. The molecule has 2 unspecified atom stereocenters. The third kappa shape index (κ3) is 3.48. The van der Waals surface area contributed by atoms with Crippen molar-refractivity contribution in [3.05, 3.63) is 45.0 Å². The number of amides is 1. The van der Waals surface area contributed by atoms with Crippen LogP contribution >= 0.6 is 46.6 Å². The minimum absolute atomic E-state index is 0.0601. The number of rotatable bonds is 2. The first-order chi connectivity index (χ1) is 13.0. The van der Waals surface area contributed by atoms with Crippen LogP contribution in [-0.4, -0.2) is 50.9 Å². The van der Waals surface area contributed by atoms with Crippen molar-refractivity contribution in [3.8, 4) is 0 Å². The molecule has 2 atom stereocenters. The van der Waals surface area contributed by atoms with Crippen molar-refractivity contribution in [2.24, 2.45) is 10.9 Å². The number of nitrogens with zero attached hydrogens (tertiary/aromatic N) is 4. The van der Waals surface area contributed by atoms with Gasteiger partial charge in [-0.2, -0.15) is 16.9 Å². The summed E-state index contributed by atoms with van der Waals surface area (Å²) in [7, 11) is 0. The van der Waals surface area contributed by atoms with E-state index in [0.29, 0.717) is 20.9 Å². The Morgan fingerprint density at radius 2 is 1.89 bits per heavy atom. The molecule has 0 radical (unpaired) electrons. The molecule has 1 amide bonds. The van der Waals surface area contributed by atoms with Gasteiger partial charge >= 0.3 is 0 Å². The maximum atomic E-state index is 13.4. The van der Waals surface area contributed by atoms with Crippen LogP contribution in [0.15, 0.2) is 29.4 Å². The molecule has 0 bridgehead atoms. The van der Waals surface area contributed by atoms with Gasteiger partial charge in [-0.15, -0.1) is 0 Å². The molecule has 2 aromatic rings. The fraction of sp³-hybridized carbons (Fsp3) is 0.389. The first-order valence-electron chi connectivity index (χ1n) is 8.57. The molecular weight excluding hydrogens is 427 g/mol. The number of hydrogen-bond donors (Lipinski definition) is 0. The number of hydrogen-bond acceptors (Lipinski definition) is 4. The van der Waals surface area contributed by atoms with Crippen LogP contribution in [0.4, 0.5) is 5.82 Å². The molecule has 1 fully saturated rings. The van der Waals surface area contributed by atoms with Gasteiger partial charge in [-0.3, -0.25) is 4.79 Å². The summed E-state index contributed by atoms with van der Waals surface area (Å²) < 4.78 is 1.72. The minimum atomic E-state index is -0.464. The lowest BCUT2D eigenvalue weighted by atomic mass is 9.87. The molecule has 3 heterocycles. The molecule has 1 saturated heterocycles. The molecule has 4 rings (SSSR count). The second-order valence-electron chi connectivity index (χ2n) is 6.55. The highest BCUT2D eigenvalue weighted by Gasteiger charge is 2.41. The maximum absolute atomic E-state index is 13.4. The van der Waals surface area contributed by atoms with Gasteiger partial charge in [0, 0.05) is 30.3 Å². The zero-order valence-electron chi connectivity index (χ0n) is 14.5. The zero-order chi connectivity index (χ0) is 19.1. The molecule has 1 aromatic heterocycles. The molecule has 9 heteroatoms. The zero-order valence-corrected chi connectivity index (χ0v) is 17.6. The van der Waals surface area contributed by atoms with Gasteiger partial charge in [0.05, 0.1) is 22.3 Å². The Bertz CT molecular complexity index is 923. The summed E-state index contributed by atoms with van der Waals surface area (Å²) in [5.41, 5.74) is 1.58. The number of halogens is 3. The summed E-state index contributed by atoms with van der Waals surface area (Å²) in [5.74, 6) is 2.05. The van der Waals surface area contributed by atoms with Crippen LogP contribution in [-0.2, 0) is 4.79 Å². The SMILES string of the molecule is CC1=Nc2c(Cl)cnn2C(c2ccc(Cl)c(Cl)c2)C1C(=O)N1CCSCC1. The van der Waals surface area contributed by atoms with Crippen LogP contribution in [0.5, 0.6) is 0 Å². The van der Waals surface area contributed by atoms with E-state index in [4.69, 9.17) is 34.8 Å². The largest absolute Gasteiger partial charge is 0.340 e. The fourth-order valence-corrected chi connectivity index (χ4v) is 4.96. The van der Waals surface area contributed by atoms with Crippen LogP contribution in [0.3, 0.4) is 0 Å². The van der Waals surface area contributed by atoms with Gasteiger partial charge in [0.1, 0.15) is 10.9 Å². The van der Waals surface area contributed by atoms with E-state index in [1.807, 2.05) is 29.7 Å². The van der Waals surface area contributed by atoms with Crippen molar-refractivity contribution in [1.82, 2.24) is 14.7 Å². The second kappa shape index (κ2) is 7.66. The molecule has 0 aliphatic carbocycles. The fourth-order valence-electron chi connectivity index (χ4n) is 3.57. The Morgan fingerprint density at radius 3 is 2.59 bits per heavy atom. The van der Waals surface area contributed by atoms with E-state index >= 15 is 0 Å². The molecule has 27 heavy (non-hydrogen) atoms. The van der Waals surface area contributed by atoms with Crippen molar-refractivity contribution < 1.29 is 4.79 Å². The van der Waals surface area contributed by atoms with Crippen LogP contribution in [0.1, 0.15) is 18.5 Å². The number of carbonyl (C=O) groups excluding carboxylic acids is 1. The number of aromatic nitrogens is 2. The van der Waals surface area contributed by atoms with E-state index in [9.17, 15) is 4.79 Å². The van der Waals surface area contributed by atoms with Crippen LogP contribution < -0.4 is 0 Å². The number of thioether (sulfide) groups is 1. The Balaban J connectivity index is 1.82. The van der Waals surface area contributed by atoms with Crippen LogP contribution in [0.2, 0.25) is 15.1 Å². The molecule has 2 aliphatic rings. The Morgan fingerprint density at radius 1 is 1.15 bits per heavy atom. The van der Waals surface area contributed by atoms with Gasteiger partial charge in [-0.25, -0.2) is 9.67 Å². The molecule has 2 aliphatic heterocycles. The molecule has 0 saturated carbocycles. The summed E-state index contributed by atoms with van der Waals surface area (Å²) in [6.07, 6.45) is 1.56. The first-order valence-corrected chi connectivity index (χ1v) is 10.9. The Labute approximate surface area is 176 Å². The van der Waals surface area contributed by atoms with Gasteiger partial charge < -0.3 is 4.90 Å². The molecule has 5 nitrogen and oxygen atoms in total. The van der Waals surface area contributed by atoms with E-state index in [-0.39, 0.29) is 11.9 Å². The second-order valence-corrected chi connectivity index (χ2v) is 8.99. The first kappa shape index (κ1) is 19.1. The molecule has 1 aromatic carbocycles. The van der Waals surface area contributed by atoms with Gasteiger partial charge in [0.2, 0.25) is 5.91 Å². The van der Waals surface area contributed by atoms with E-state index in [2.05, 4.69) is 10.1 Å². The van der Waals surface area contributed by atoms with Gasteiger partial charge in [0.25, 0.3) is 0 Å². The summed E-state index contributed by atoms with van der Waals surface area (Å²) >= 11 is 20.5. The highest BCUT2D eigenvalue weighted by molar-refractivity contribution is 7.99. The molecule has 0 spiro atoms. The number of aliphatic imine (C=N–C) groups is 1. The van der Waals surface area contributed by atoms with E-state index in [1.54, 1.807) is 23.0 Å². The van der Waals surface area contributed by atoms with Crippen molar-refractivity contribution in [2.45, 2.75) is 13.0 Å². The Kier molecular flexibility index (Phi) is 5.43. The lowest BCUT2D eigenvalue weighted by molar-refractivity contribution is -0.134. The number of benzene rings is 1. The van der Waals surface area contributed by atoms with E-state index in [1.165, 1.54) is 0 Å². The summed E-state index contributed by atoms with van der Waals surface area (Å²) in [6, 6.07) is 5.04. The van der Waals surface area contributed by atoms with Crippen molar-refractivity contribution in [2.75, 3.05) is 24.6 Å². The van der Waals surface area contributed by atoms with Gasteiger partial charge in [-0.05, 0) is 24.6 Å². The predicted molar refractivity (Wildman–Crippen MR) is 112 cm³/mol. The molecule has 0 N–H and O–H groups in total. The third-order valence-electron chi connectivity index (χ3n) is 4.91. The van der Waals surface area contributed by atoms with Crippen molar-refractivity contribution in [1.29, 1.82) is 0 Å². The van der Waals surface area contributed by atoms with E-state index in [0.717, 1.165) is 35.9 Å². The minimum Gasteiger partial charge on any atom is -0.340 e.